The molecule has 0 spiro atoms. The third kappa shape index (κ3) is 5.41. The Morgan fingerprint density at radius 2 is 2.10 bits per heavy atom. The quantitative estimate of drug-likeness (QED) is 0.784. The fourth-order valence-corrected chi connectivity index (χ4v) is 2.82. The lowest BCUT2D eigenvalue weighted by molar-refractivity contribution is 0.128. The second-order valence-electron chi connectivity index (χ2n) is 5.39. The summed E-state index contributed by atoms with van der Waals surface area (Å²) in [4.78, 5) is 11.2. The molecule has 0 saturated carbocycles. The number of ether oxygens (including phenoxy) is 1. The van der Waals surface area contributed by atoms with Crippen LogP contribution in [0.15, 0.2) is 6.07 Å². The van der Waals surface area contributed by atoms with Crippen LogP contribution >= 0.6 is 11.6 Å². The third-order valence-electron chi connectivity index (χ3n) is 3.66. The van der Waals surface area contributed by atoms with Crippen molar-refractivity contribution in [2.24, 2.45) is 0 Å². The van der Waals surface area contributed by atoms with Gasteiger partial charge in [0.2, 0.25) is 0 Å². The predicted molar refractivity (Wildman–Crippen MR) is 85.7 cm³/mol. The van der Waals surface area contributed by atoms with E-state index in [2.05, 4.69) is 27.1 Å². The molecular weight excluding hydrogens is 288 g/mol. The highest BCUT2D eigenvalue weighted by Gasteiger charge is 2.19. The summed E-state index contributed by atoms with van der Waals surface area (Å²) in [6, 6.07) is 2.25. The molecule has 0 aromatic carbocycles. The van der Waals surface area contributed by atoms with Crippen molar-refractivity contribution in [3.05, 3.63) is 17.0 Å². The van der Waals surface area contributed by atoms with Crippen LogP contribution in [0.4, 0.5) is 5.82 Å². The van der Waals surface area contributed by atoms with Crippen LogP contribution < -0.4 is 5.32 Å². The molecule has 1 aromatic rings. The van der Waals surface area contributed by atoms with Gasteiger partial charge in [0.05, 0.1) is 0 Å². The van der Waals surface area contributed by atoms with Gasteiger partial charge in [-0.25, -0.2) is 9.97 Å². The van der Waals surface area contributed by atoms with E-state index in [1.54, 1.807) is 6.07 Å². The molecule has 1 fully saturated rings. The molecule has 0 atom stereocenters. The normalized spacial score (nSPS) is 17.1. The first kappa shape index (κ1) is 16.5. The molecule has 6 heteroatoms. The number of hydrogen-bond acceptors (Lipinski definition) is 5. The van der Waals surface area contributed by atoms with Crippen molar-refractivity contribution < 1.29 is 4.74 Å². The zero-order chi connectivity index (χ0) is 15.1. The Morgan fingerprint density at radius 1 is 1.33 bits per heavy atom. The zero-order valence-corrected chi connectivity index (χ0v) is 13.7. The molecule has 1 aliphatic heterocycles. The maximum absolute atomic E-state index is 6.06. The first-order chi connectivity index (χ1) is 10.2. The minimum atomic E-state index is 0.403. The maximum Gasteiger partial charge on any atom is 0.158 e. The van der Waals surface area contributed by atoms with Crippen molar-refractivity contribution in [2.75, 3.05) is 31.6 Å². The smallest absolute Gasteiger partial charge is 0.158 e. The fraction of sp³-hybridized carbons (Fsp3) is 0.733. The van der Waals surface area contributed by atoms with E-state index in [1.165, 1.54) is 13.0 Å². The molecule has 5 nitrogen and oxygen atoms in total. The van der Waals surface area contributed by atoms with Gasteiger partial charge in [-0.2, -0.15) is 0 Å². The Labute approximate surface area is 132 Å². The Hall–Kier alpha value is -0.910. The average Bonchev–Trinajstić information content (AvgIpc) is 2.47. The summed E-state index contributed by atoms with van der Waals surface area (Å²) >= 11 is 6.06. The number of rotatable bonds is 7. The van der Waals surface area contributed by atoms with E-state index in [0.29, 0.717) is 30.2 Å². The van der Waals surface area contributed by atoms with E-state index < -0.39 is 0 Å². The first-order valence-corrected chi connectivity index (χ1v) is 8.19. The van der Waals surface area contributed by atoms with E-state index in [0.717, 1.165) is 31.7 Å². The van der Waals surface area contributed by atoms with Gasteiger partial charge in [-0.15, -0.1) is 0 Å². The van der Waals surface area contributed by atoms with Crippen LogP contribution in [0.5, 0.6) is 0 Å². The van der Waals surface area contributed by atoms with Crippen molar-refractivity contribution in [3.8, 4) is 0 Å². The van der Waals surface area contributed by atoms with Gasteiger partial charge >= 0.3 is 0 Å². The third-order valence-corrected chi connectivity index (χ3v) is 3.85. The summed E-state index contributed by atoms with van der Waals surface area (Å²) < 4.78 is 5.34. The van der Waals surface area contributed by atoms with Gasteiger partial charge in [-0.3, -0.25) is 0 Å². The monoisotopic (exact) mass is 312 g/mol. The second-order valence-corrected chi connectivity index (χ2v) is 5.78. The minimum Gasteiger partial charge on any atom is -0.374 e. The Morgan fingerprint density at radius 3 is 2.76 bits per heavy atom. The maximum atomic E-state index is 6.06. The second kappa shape index (κ2) is 8.51. The van der Waals surface area contributed by atoms with Gasteiger partial charge in [-0.1, -0.05) is 18.5 Å². The number of nitrogens with zero attached hydrogens (tertiary/aromatic N) is 3. The van der Waals surface area contributed by atoms with Gasteiger partial charge in [-0.05, 0) is 32.7 Å². The van der Waals surface area contributed by atoms with Crippen LogP contribution in [0.1, 0.15) is 38.9 Å². The van der Waals surface area contributed by atoms with E-state index in [-0.39, 0.29) is 0 Å². The minimum absolute atomic E-state index is 0.403. The van der Waals surface area contributed by atoms with Gasteiger partial charge in [0.15, 0.2) is 5.82 Å². The molecule has 0 radical (unpaired) electrons. The van der Waals surface area contributed by atoms with Gasteiger partial charge in [0.1, 0.15) is 17.6 Å². The molecule has 0 bridgehead atoms. The standard InChI is InChI=1S/C15H25ClN4O/c1-3-7-20-8-5-12(6-9-20)17-14-10-13(16)18-15(19-14)11-21-4-2/h10,12H,3-9,11H2,1-2H3,(H,17,18,19). The predicted octanol–water partition coefficient (Wildman–Crippen LogP) is 2.95. The fourth-order valence-electron chi connectivity index (χ4n) is 2.62. The highest BCUT2D eigenvalue weighted by atomic mass is 35.5. The number of nitrogens with one attached hydrogen (secondary N) is 1. The highest BCUT2D eigenvalue weighted by molar-refractivity contribution is 6.29. The SMILES string of the molecule is CCCN1CCC(Nc2cc(Cl)nc(COCC)n2)CC1. The van der Waals surface area contributed by atoms with Crippen molar-refractivity contribution in [1.82, 2.24) is 14.9 Å². The van der Waals surface area contributed by atoms with E-state index in [1.807, 2.05) is 6.92 Å². The number of hydrogen-bond donors (Lipinski definition) is 1. The lowest BCUT2D eigenvalue weighted by Gasteiger charge is -2.32. The lowest BCUT2D eigenvalue weighted by Crippen LogP contribution is -2.39. The highest BCUT2D eigenvalue weighted by Crippen LogP contribution is 2.18. The van der Waals surface area contributed by atoms with Crippen LogP contribution in [-0.2, 0) is 11.3 Å². The largest absolute Gasteiger partial charge is 0.374 e. The summed E-state index contributed by atoms with van der Waals surface area (Å²) in [5, 5.41) is 3.95. The Kier molecular flexibility index (Phi) is 6.67. The van der Waals surface area contributed by atoms with Crippen LogP contribution in [-0.4, -0.2) is 47.2 Å². The molecule has 1 aromatic heterocycles. The molecule has 1 saturated heterocycles. The van der Waals surface area contributed by atoms with Crippen LogP contribution in [0.25, 0.3) is 0 Å². The number of piperidine rings is 1. The van der Waals surface area contributed by atoms with Gasteiger partial charge in [0.25, 0.3) is 0 Å². The van der Waals surface area contributed by atoms with E-state index in [4.69, 9.17) is 16.3 Å². The van der Waals surface area contributed by atoms with Crippen LogP contribution in [0, 0.1) is 0 Å². The summed E-state index contributed by atoms with van der Waals surface area (Å²) in [7, 11) is 0. The molecule has 1 N–H and O–H groups in total. The van der Waals surface area contributed by atoms with Crippen molar-refractivity contribution in [1.29, 1.82) is 0 Å². The molecule has 21 heavy (non-hydrogen) atoms. The first-order valence-electron chi connectivity index (χ1n) is 7.81. The van der Waals surface area contributed by atoms with Crippen molar-refractivity contribution in [2.45, 2.75) is 45.8 Å². The van der Waals surface area contributed by atoms with E-state index >= 15 is 0 Å². The molecule has 0 aliphatic carbocycles. The van der Waals surface area contributed by atoms with Crippen LogP contribution in [0.3, 0.4) is 0 Å². The van der Waals surface area contributed by atoms with E-state index in [9.17, 15) is 0 Å². The van der Waals surface area contributed by atoms with Gasteiger partial charge < -0.3 is 15.0 Å². The van der Waals surface area contributed by atoms with Crippen LogP contribution in [0.2, 0.25) is 5.15 Å². The van der Waals surface area contributed by atoms with Gasteiger partial charge in [0, 0.05) is 31.8 Å². The Bertz CT molecular complexity index is 436. The average molecular weight is 313 g/mol. The molecule has 2 heterocycles. The number of halogens is 1. The lowest BCUT2D eigenvalue weighted by atomic mass is 10.0. The molecule has 2 rings (SSSR count). The summed E-state index contributed by atoms with van der Waals surface area (Å²) in [5.41, 5.74) is 0. The molecular formula is C15H25ClN4O. The Balaban J connectivity index is 1.89. The summed E-state index contributed by atoms with van der Waals surface area (Å²) in [5.74, 6) is 1.44. The molecule has 0 amide bonds. The molecule has 118 valence electrons. The van der Waals surface area contributed by atoms with Crippen molar-refractivity contribution >= 4 is 17.4 Å². The number of likely N-dealkylation sites (tertiary alicyclic amines) is 1. The topological polar surface area (TPSA) is 50.3 Å². The number of anilines is 1. The summed E-state index contributed by atoms with van der Waals surface area (Å²) in [6.07, 6.45) is 3.51. The summed E-state index contributed by atoms with van der Waals surface area (Å²) in [6.45, 7) is 8.73. The van der Waals surface area contributed by atoms with Crippen molar-refractivity contribution in [3.63, 3.8) is 0 Å². The zero-order valence-electron chi connectivity index (χ0n) is 12.9. The molecule has 0 unspecified atom stereocenters. The molecule has 1 aliphatic rings. The number of aromatic nitrogens is 2.